The third-order valence-corrected chi connectivity index (χ3v) is 4.87. The van der Waals surface area contributed by atoms with Gasteiger partial charge in [-0.05, 0) is 29.8 Å². The molecule has 3 N–H and O–H groups in total. The smallest absolute Gasteiger partial charge is 0.257 e. The Kier molecular flexibility index (Phi) is 7.62. The molecule has 0 atom stereocenters. The third-order valence-electron chi connectivity index (χ3n) is 4.06. The molecule has 0 bridgehead atoms. The summed E-state index contributed by atoms with van der Waals surface area (Å²) in [6.07, 6.45) is 3.60. The SMILES string of the molecule is O=C(CCNC(=O)Cc1csc(NC(=O)c2ccccc2)n1)NCc1ccncc1. The molecule has 9 heteroatoms. The van der Waals surface area contributed by atoms with Crippen LogP contribution in [0.2, 0.25) is 0 Å². The molecule has 30 heavy (non-hydrogen) atoms. The summed E-state index contributed by atoms with van der Waals surface area (Å²) in [7, 11) is 0. The van der Waals surface area contributed by atoms with Gasteiger partial charge < -0.3 is 10.6 Å². The predicted molar refractivity (Wildman–Crippen MR) is 114 cm³/mol. The van der Waals surface area contributed by atoms with E-state index < -0.39 is 0 Å². The summed E-state index contributed by atoms with van der Waals surface area (Å²) in [4.78, 5) is 44.2. The second-order valence-electron chi connectivity index (χ2n) is 6.37. The Bertz CT molecular complexity index is 992. The molecule has 2 aromatic heterocycles. The van der Waals surface area contributed by atoms with Crippen LogP contribution in [-0.2, 0) is 22.6 Å². The molecule has 3 rings (SSSR count). The minimum absolute atomic E-state index is 0.0797. The van der Waals surface area contributed by atoms with Crippen LogP contribution in [0.5, 0.6) is 0 Å². The fourth-order valence-electron chi connectivity index (χ4n) is 2.54. The monoisotopic (exact) mass is 423 g/mol. The number of thiazole rings is 1. The lowest BCUT2D eigenvalue weighted by Crippen LogP contribution is -2.31. The van der Waals surface area contributed by atoms with Crippen LogP contribution >= 0.6 is 11.3 Å². The lowest BCUT2D eigenvalue weighted by Gasteiger charge is -2.06. The molecule has 154 valence electrons. The maximum absolute atomic E-state index is 12.1. The van der Waals surface area contributed by atoms with E-state index in [4.69, 9.17) is 0 Å². The predicted octanol–water partition coefficient (Wildman–Crippen LogP) is 2.16. The molecule has 2 heterocycles. The maximum atomic E-state index is 12.1. The Morgan fingerprint density at radius 2 is 1.70 bits per heavy atom. The second kappa shape index (κ2) is 10.8. The van der Waals surface area contributed by atoms with Crippen molar-refractivity contribution in [3.8, 4) is 0 Å². The minimum Gasteiger partial charge on any atom is -0.355 e. The Hall–Kier alpha value is -3.59. The summed E-state index contributed by atoms with van der Waals surface area (Å²) in [5.74, 6) is -0.631. The zero-order chi connectivity index (χ0) is 21.2. The van der Waals surface area contributed by atoms with Gasteiger partial charge in [-0.25, -0.2) is 4.98 Å². The Balaban J connectivity index is 1.36. The summed E-state index contributed by atoms with van der Waals surface area (Å²) < 4.78 is 0. The van der Waals surface area contributed by atoms with Crippen molar-refractivity contribution < 1.29 is 14.4 Å². The standard InChI is InChI=1S/C21H21N5O3S/c27-18(24-13-15-6-9-22-10-7-15)8-11-23-19(28)12-17-14-30-21(25-17)26-20(29)16-4-2-1-3-5-16/h1-7,9-10,14H,8,11-13H2,(H,23,28)(H,24,27)(H,25,26,29). The van der Waals surface area contributed by atoms with Crippen LogP contribution in [0, 0.1) is 0 Å². The number of benzene rings is 1. The lowest BCUT2D eigenvalue weighted by molar-refractivity contribution is -0.122. The molecular formula is C21H21N5O3S. The average Bonchev–Trinajstić information content (AvgIpc) is 3.20. The van der Waals surface area contributed by atoms with Gasteiger partial charge >= 0.3 is 0 Å². The van der Waals surface area contributed by atoms with Crippen LogP contribution in [0.4, 0.5) is 5.13 Å². The zero-order valence-corrected chi connectivity index (χ0v) is 16.9. The number of hydrogen-bond acceptors (Lipinski definition) is 6. The number of amides is 3. The fraction of sp³-hybridized carbons (Fsp3) is 0.190. The summed E-state index contributed by atoms with van der Waals surface area (Å²) >= 11 is 1.26. The molecule has 8 nitrogen and oxygen atoms in total. The number of carbonyl (C=O) groups excluding carboxylic acids is 3. The van der Waals surface area contributed by atoms with Crippen LogP contribution in [0.15, 0.2) is 60.2 Å². The second-order valence-corrected chi connectivity index (χ2v) is 7.23. The summed E-state index contributed by atoms with van der Waals surface area (Å²) in [5, 5.41) is 10.4. The Morgan fingerprint density at radius 1 is 0.933 bits per heavy atom. The van der Waals surface area contributed by atoms with Crippen molar-refractivity contribution in [3.63, 3.8) is 0 Å². The third kappa shape index (κ3) is 6.78. The van der Waals surface area contributed by atoms with E-state index in [1.165, 1.54) is 11.3 Å². The van der Waals surface area contributed by atoms with Crippen molar-refractivity contribution in [2.24, 2.45) is 0 Å². The first-order valence-electron chi connectivity index (χ1n) is 9.33. The van der Waals surface area contributed by atoms with Crippen LogP contribution in [0.25, 0.3) is 0 Å². The van der Waals surface area contributed by atoms with Crippen molar-refractivity contribution in [2.45, 2.75) is 19.4 Å². The molecule has 0 radical (unpaired) electrons. The molecule has 3 amide bonds. The van der Waals surface area contributed by atoms with Gasteiger partial charge in [0.25, 0.3) is 5.91 Å². The number of nitrogens with one attached hydrogen (secondary N) is 3. The van der Waals surface area contributed by atoms with Crippen LogP contribution in [-0.4, -0.2) is 34.2 Å². The highest BCUT2D eigenvalue weighted by Gasteiger charge is 2.11. The normalized spacial score (nSPS) is 10.3. The van der Waals surface area contributed by atoms with Gasteiger partial charge in [0.1, 0.15) is 0 Å². The van der Waals surface area contributed by atoms with E-state index in [0.717, 1.165) is 5.56 Å². The first kappa shape index (κ1) is 21.1. The first-order valence-corrected chi connectivity index (χ1v) is 10.2. The van der Waals surface area contributed by atoms with Gasteiger partial charge in [-0.2, -0.15) is 0 Å². The van der Waals surface area contributed by atoms with E-state index in [0.29, 0.717) is 22.9 Å². The summed E-state index contributed by atoms with van der Waals surface area (Å²) in [5.41, 5.74) is 2.05. The van der Waals surface area contributed by atoms with Crippen LogP contribution in [0.1, 0.15) is 28.0 Å². The summed E-state index contributed by atoms with van der Waals surface area (Å²) in [6.45, 7) is 0.661. The van der Waals surface area contributed by atoms with Gasteiger partial charge in [0.05, 0.1) is 12.1 Å². The molecular weight excluding hydrogens is 402 g/mol. The van der Waals surface area contributed by atoms with E-state index >= 15 is 0 Å². The lowest BCUT2D eigenvalue weighted by atomic mass is 10.2. The molecule has 0 aliphatic carbocycles. The number of hydrogen-bond donors (Lipinski definition) is 3. The zero-order valence-electron chi connectivity index (χ0n) is 16.1. The van der Waals surface area contributed by atoms with Gasteiger partial charge in [-0.15, -0.1) is 11.3 Å². The van der Waals surface area contributed by atoms with E-state index in [1.807, 2.05) is 18.2 Å². The van der Waals surface area contributed by atoms with Crippen molar-refractivity contribution in [1.29, 1.82) is 0 Å². The maximum Gasteiger partial charge on any atom is 0.257 e. The quantitative estimate of drug-likeness (QED) is 0.488. The van der Waals surface area contributed by atoms with Crippen LogP contribution < -0.4 is 16.0 Å². The highest BCUT2D eigenvalue weighted by atomic mass is 32.1. The molecule has 0 fully saturated rings. The van der Waals surface area contributed by atoms with Gasteiger partial charge in [0, 0.05) is 42.8 Å². The van der Waals surface area contributed by atoms with Gasteiger partial charge in [-0.1, -0.05) is 18.2 Å². The van der Waals surface area contributed by atoms with Gasteiger partial charge in [0.2, 0.25) is 11.8 Å². The Labute approximate surface area is 177 Å². The number of rotatable bonds is 9. The highest BCUT2D eigenvalue weighted by Crippen LogP contribution is 2.17. The largest absolute Gasteiger partial charge is 0.355 e. The molecule has 0 spiro atoms. The number of aromatic nitrogens is 2. The van der Waals surface area contributed by atoms with E-state index in [2.05, 4.69) is 25.9 Å². The van der Waals surface area contributed by atoms with E-state index in [-0.39, 0.29) is 37.1 Å². The van der Waals surface area contributed by atoms with Crippen molar-refractivity contribution in [1.82, 2.24) is 20.6 Å². The number of pyridine rings is 1. The van der Waals surface area contributed by atoms with Gasteiger partial charge in [-0.3, -0.25) is 24.7 Å². The molecule has 1 aromatic carbocycles. The molecule has 0 saturated heterocycles. The van der Waals surface area contributed by atoms with E-state index in [1.54, 1.807) is 42.0 Å². The molecule has 3 aromatic rings. The van der Waals surface area contributed by atoms with Crippen molar-refractivity contribution >= 4 is 34.2 Å². The van der Waals surface area contributed by atoms with Crippen molar-refractivity contribution in [3.05, 3.63) is 77.1 Å². The van der Waals surface area contributed by atoms with E-state index in [9.17, 15) is 14.4 Å². The molecule has 0 saturated carbocycles. The minimum atomic E-state index is -0.251. The molecule has 0 aliphatic heterocycles. The molecule has 0 unspecified atom stereocenters. The fourth-order valence-corrected chi connectivity index (χ4v) is 3.24. The Morgan fingerprint density at radius 3 is 2.47 bits per heavy atom. The summed E-state index contributed by atoms with van der Waals surface area (Å²) in [6, 6.07) is 12.5. The van der Waals surface area contributed by atoms with Crippen LogP contribution in [0.3, 0.4) is 0 Å². The first-order chi connectivity index (χ1) is 14.6. The molecule has 0 aliphatic rings. The number of anilines is 1. The average molecular weight is 423 g/mol. The number of carbonyl (C=O) groups is 3. The topological polar surface area (TPSA) is 113 Å². The van der Waals surface area contributed by atoms with Crippen molar-refractivity contribution in [2.75, 3.05) is 11.9 Å². The number of nitrogens with zero attached hydrogens (tertiary/aromatic N) is 2. The highest BCUT2D eigenvalue weighted by molar-refractivity contribution is 7.14. The van der Waals surface area contributed by atoms with Gasteiger partial charge in [0.15, 0.2) is 5.13 Å².